The lowest BCUT2D eigenvalue weighted by molar-refractivity contribution is 0.0601. The highest BCUT2D eigenvalue weighted by Crippen LogP contribution is 2.20. The van der Waals surface area contributed by atoms with Crippen molar-refractivity contribution in [2.75, 3.05) is 13.4 Å². The molecule has 0 N–H and O–H groups in total. The highest BCUT2D eigenvalue weighted by molar-refractivity contribution is 7.92. The summed E-state index contributed by atoms with van der Waals surface area (Å²) >= 11 is 1.01. The summed E-state index contributed by atoms with van der Waals surface area (Å²) in [5.41, 5.74) is 0.271. The number of thiophene rings is 1. The molecule has 0 radical (unpaired) electrons. The molecule has 0 aliphatic rings. The van der Waals surface area contributed by atoms with Crippen LogP contribution >= 0.6 is 11.3 Å². The maximum absolute atomic E-state index is 11.0. The summed E-state index contributed by atoms with van der Waals surface area (Å²) in [5.74, 6) is -0.522. The zero-order valence-corrected chi connectivity index (χ0v) is 10.7. The van der Waals surface area contributed by atoms with Crippen LogP contribution < -0.4 is 0 Å². The Balaban J connectivity index is 0.000000921. The van der Waals surface area contributed by atoms with E-state index >= 15 is 0 Å². The van der Waals surface area contributed by atoms with E-state index in [2.05, 4.69) is 4.74 Å². The Morgan fingerprint density at radius 2 is 1.93 bits per heavy atom. The average Bonchev–Trinajstić information content (AvgIpc) is 2.68. The second-order valence-electron chi connectivity index (χ2n) is 2.42. The summed E-state index contributed by atoms with van der Waals surface area (Å²) in [7, 11) is -1.96. The van der Waals surface area contributed by atoms with E-state index in [1.165, 1.54) is 18.6 Å². The van der Waals surface area contributed by atoms with E-state index in [4.69, 9.17) is 0 Å². The van der Waals surface area contributed by atoms with Crippen molar-refractivity contribution < 1.29 is 17.9 Å². The molecule has 0 aromatic carbocycles. The van der Waals surface area contributed by atoms with Gasteiger partial charge in [0.15, 0.2) is 9.84 Å². The largest absolute Gasteiger partial charge is 0.465 e. The minimum absolute atomic E-state index is 0.174. The third kappa shape index (κ3) is 4.01. The molecule has 0 saturated carbocycles. The van der Waals surface area contributed by atoms with Crippen molar-refractivity contribution in [2.24, 2.45) is 0 Å². The van der Waals surface area contributed by atoms with E-state index in [1.54, 1.807) is 0 Å². The molecule has 6 heteroatoms. The van der Waals surface area contributed by atoms with Gasteiger partial charge in [0.25, 0.3) is 0 Å². The Morgan fingerprint density at radius 1 is 1.40 bits per heavy atom. The van der Waals surface area contributed by atoms with Gasteiger partial charge in [-0.15, -0.1) is 11.3 Å². The number of sulfone groups is 1. The molecular formula is C9H14O4S2. The third-order valence-corrected chi connectivity index (χ3v) is 4.13. The van der Waals surface area contributed by atoms with E-state index < -0.39 is 15.8 Å². The molecule has 1 heterocycles. The molecule has 1 rings (SSSR count). The number of ether oxygens (including phenoxy) is 1. The number of methoxy groups -OCH3 is 1. The van der Waals surface area contributed by atoms with Crippen LogP contribution in [0.5, 0.6) is 0 Å². The predicted molar refractivity (Wildman–Crippen MR) is 60.1 cm³/mol. The molecule has 0 unspecified atom stereocenters. The molecule has 0 aliphatic heterocycles. The van der Waals surface area contributed by atoms with Gasteiger partial charge < -0.3 is 4.74 Å². The highest BCUT2D eigenvalue weighted by atomic mass is 32.2. The molecule has 4 nitrogen and oxygen atoms in total. The quantitative estimate of drug-likeness (QED) is 0.753. The lowest BCUT2D eigenvalue weighted by Gasteiger charge is -1.92. The molecule has 0 aliphatic carbocycles. The molecule has 0 spiro atoms. The normalized spacial score (nSPS) is 10.1. The van der Waals surface area contributed by atoms with Gasteiger partial charge in [-0.25, -0.2) is 13.2 Å². The highest BCUT2D eigenvalue weighted by Gasteiger charge is 2.14. The van der Waals surface area contributed by atoms with Crippen LogP contribution in [-0.4, -0.2) is 27.8 Å². The van der Waals surface area contributed by atoms with Crippen molar-refractivity contribution in [1.82, 2.24) is 0 Å². The Kier molecular flexibility index (Phi) is 5.53. The molecular weight excluding hydrogens is 236 g/mol. The summed E-state index contributed by atoms with van der Waals surface area (Å²) < 4.78 is 26.6. The first kappa shape index (κ1) is 14.1. The first-order valence-electron chi connectivity index (χ1n) is 4.32. The van der Waals surface area contributed by atoms with Gasteiger partial charge in [0.2, 0.25) is 0 Å². The first-order chi connectivity index (χ1) is 6.95. The molecule has 0 amide bonds. The fourth-order valence-electron chi connectivity index (χ4n) is 0.736. The molecule has 1 aromatic heterocycles. The van der Waals surface area contributed by atoms with E-state index in [9.17, 15) is 13.2 Å². The fourth-order valence-corrected chi connectivity index (χ4v) is 2.52. The van der Waals surface area contributed by atoms with Crippen molar-refractivity contribution in [3.05, 3.63) is 17.0 Å². The van der Waals surface area contributed by atoms with Crippen molar-refractivity contribution in [3.8, 4) is 0 Å². The molecule has 1 aromatic rings. The smallest absolute Gasteiger partial charge is 0.338 e. The summed E-state index contributed by atoms with van der Waals surface area (Å²) in [6.07, 6.45) is 1.10. The van der Waals surface area contributed by atoms with Gasteiger partial charge in [-0.3, -0.25) is 0 Å². The van der Waals surface area contributed by atoms with Crippen LogP contribution in [0.15, 0.2) is 15.7 Å². The van der Waals surface area contributed by atoms with Gasteiger partial charge in [0.1, 0.15) is 4.21 Å². The number of esters is 1. The number of carbonyl (C=O) groups is 1. The van der Waals surface area contributed by atoms with E-state index in [-0.39, 0.29) is 9.77 Å². The SMILES string of the molecule is CC.COC(=O)c1csc(S(C)(=O)=O)c1. The lowest BCUT2D eigenvalue weighted by atomic mass is 10.3. The van der Waals surface area contributed by atoms with Crippen LogP contribution in [0.4, 0.5) is 0 Å². The molecule has 0 atom stereocenters. The zero-order valence-electron chi connectivity index (χ0n) is 9.10. The van der Waals surface area contributed by atoms with E-state index in [0.29, 0.717) is 0 Å². The van der Waals surface area contributed by atoms with E-state index in [0.717, 1.165) is 17.6 Å². The lowest BCUT2D eigenvalue weighted by Crippen LogP contribution is -1.99. The van der Waals surface area contributed by atoms with Crippen molar-refractivity contribution in [2.45, 2.75) is 18.1 Å². The minimum atomic E-state index is -3.21. The van der Waals surface area contributed by atoms with Crippen LogP contribution in [-0.2, 0) is 14.6 Å². The fraction of sp³-hybridized carbons (Fsp3) is 0.444. The Labute approximate surface area is 93.8 Å². The van der Waals surface area contributed by atoms with Crippen molar-refractivity contribution in [1.29, 1.82) is 0 Å². The monoisotopic (exact) mass is 250 g/mol. The van der Waals surface area contributed by atoms with Gasteiger partial charge in [-0.05, 0) is 6.07 Å². The molecule has 15 heavy (non-hydrogen) atoms. The summed E-state index contributed by atoms with van der Waals surface area (Å²) in [5, 5.41) is 1.46. The van der Waals surface area contributed by atoms with Crippen LogP contribution in [0.2, 0.25) is 0 Å². The second-order valence-corrected chi connectivity index (χ2v) is 5.57. The Bertz CT molecular complexity index is 417. The average molecular weight is 250 g/mol. The van der Waals surface area contributed by atoms with Crippen molar-refractivity contribution >= 4 is 27.1 Å². The van der Waals surface area contributed by atoms with E-state index in [1.807, 2.05) is 13.8 Å². The predicted octanol–water partition coefficient (Wildman–Crippen LogP) is 1.96. The first-order valence-corrected chi connectivity index (χ1v) is 7.09. The number of hydrogen-bond acceptors (Lipinski definition) is 5. The minimum Gasteiger partial charge on any atom is -0.465 e. The van der Waals surface area contributed by atoms with Gasteiger partial charge in [0, 0.05) is 11.6 Å². The summed E-state index contributed by atoms with van der Waals surface area (Å²) in [6, 6.07) is 1.31. The molecule has 86 valence electrons. The van der Waals surface area contributed by atoms with Crippen molar-refractivity contribution in [3.63, 3.8) is 0 Å². The van der Waals surface area contributed by atoms with Gasteiger partial charge >= 0.3 is 5.97 Å². The number of hydrogen-bond donors (Lipinski definition) is 0. The maximum Gasteiger partial charge on any atom is 0.338 e. The van der Waals surface area contributed by atoms with Crippen LogP contribution in [0.25, 0.3) is 0 Å². The molecule has 0 bridgehead atoms. The summed E-state index contributed by atoms with van der Waals surface area (Å²) in [6.45, 7) is 4.00. The second kappa shape index (κ2) is 5.87. The molecule has 0 fully saturated rings. The number of rotatable bonds is 2. The van der Waals surface area contributed by atoms with Gasteiger partial charge in [0.05, 0.1) is 12.7 Å². The Hall–Kier alpha value is -0.880. The standard InChI is InChI=1S/C7H8O4S2.C2H6/c1-11-7(8)5-3-6(12-4-5)13(2,9)10;1-2/h3-4H,1-2H3;1-2H3. The van der Waals surface area contributed by atoms with Crippen LogP contribution in [0, 0.1) is 0 Å². The van der Waals surface area contributed by atoms with Gasteiger partial charge in [-0.2, -0.15) is 0 Å². The van der Waals surface area contributed by atoms with Crippen LogP contribution in [0.3, 0.4) is 0 Å². The van der Waals surface area contributed by atoms with Crippen LogP contribution in [0.1, 0.15) is 24.2 Å². The zero-order chi connectivity index (χ0) is 12.1. The number of carbonyl (C=O) groups excluding carboxylic acids is 1. The third-order valence-electron chi connectivity index (χ3n) is 1.36. The molecule has 0 saturated heterocycles. The Morgan fingerprint density at radius 3 is 2.27 bits per heavy atom. The van der Waals surface area contributed by atoms with Gasteiger partial charge in [-0.1, -0.05) is 13.8 Å². The summed E-state index contributed by atoms with van der Waals surface area (Å²) in [4.78, 5) is 10.9. The topological polar surface area (TPSA) is 60.4 Å². The maximum atomic E-state index is 11.0.